The van der Waals surface area contributed by atoms with Gasteiger partial charge in [0.25, 0.3) is 0 Å². The van der Waals surface area contributed by atoms with Crippen LogP contribution >= 0.6 is 0 Å². The zero-order valence-corrected chi connectivity index (χ0v) is 11.8. The highest BCUT2D eigenvalue weighted by Gasteiger charge is 2.27. The van der Waals surface area contributed by atoms with Gasteiger partial charge in [-0.15, -0.1) is 0 Å². The molecule has 1 aromatic rings. The van der Waals surface area contributed by atoms with Crippen molar-refractivity contribution in [2.75, 3.05) is 25.0 Å². The van der Waals surface area contributed by atoms with Crippen molar-refractivity contribution in [2.24, 2.45) is 0 Å². The number of urea groups is 1. The molecule has 1 aromatic carbocycles. The van der Waals surface area contributed by atoms with Crippen molar-refractivity contribution < 1.29 is 27.5 Å². The summed E-state index contributed by atoms with van der Waals surface area (Å²) < 4.78 is 40.8. The number of ether oxygens (including phenoxy) is 1. The maximum absolute atomic E-state index is 11.9. The van der Waals surface area contributed by atoms with E-state index in [0.29, 0.717) is 18.0 Å². The number of halogens is 3. The fraction of sp³-hybridized carbons (Fsp3) is 0.385. The zero-order valence-electron chi connectivity index (χ0n) is 11.8. The number of nitrogens with one attached hydrogen (secondary N) is 3. The Morgan fingerprint density at radius 3 is 2.36 bits per heavy atom. The number of carbonyl (C=O) groups excluding carboxylic acids is 2. The van der Waals surface area contributed by atoms with Gasteiger partial charge in [0.2, 0.25) is 5.91 Å². The van der Waals surface area contributed by atoms with Crippen LogP contribution in [0.25, 0.3) is 0 Å². The summed E-state index contributed by atoms with van der Waals surface area (Å²) in [6.45, 7) is 0.619. The minimum atomic E-state index is -4.53. The molecule has 122 valence electrons. The average Bonchev–Trinajstić information content (AvgIpc) is 2.44. The molecule has 0 saturated carbocycles. The first-order valence-electron chi connectivity index (χ1n) is 6.41. The van der Waals surface area contributed by atoms with E-state index in [1.165, 1.54) is 5.32 Å². The first kappa shape index (κ1) is 17.6. The van der Waals surface area contributed by atoms with Crippen LogP contribution in [0.4, 0.5) is 23.7 Å². The number of hydrogen-bond donors (Lipinski definition) is 3. The van der Waals surface area contributed by atoms with Crippen molar-refractivity contribution in [1.29, 1.82) is 0 Å². The summed E-state index contributed by atoms with van der Waals surface area (Å²) in [5.74, 6) is -0.0856. The second kappa shape index (κ2) is 8.11. The summed E-state index contributed by atoms with van der Waals surface area (Å²) in [4.78, 5) is 22.4. The summed E-state index contributed by atoms with van der Waals surface area (Å²) in [5.41, 5.74) is 0.606. The number of anilines is 1. The maximum atomic E-state index is 11.9. The molecule has 0 aromatic heterocycles. The third kappa shape index (κ3) is 7.36. The summed E-state index contributed by atoms with van der Waals surface area (Å²) in [6, 6.07) is 5.53. The number of amides is 3. The number of benzene rings is 1. The third-order valence-corrected chi connectivity index (χ3v) is 2.32. The summed E-state index contributed by atoms with van der Waals surface area (Å²) in [7, 11) is 0. The number of imide groups is 1. The second-order valence-electron chi connectivity index (χ2n) is 4.16. The minimum absolute atomic E-state index is 0.257. The van der Waals surface area contributed by atoms with Crippen molar-refractivity contribution in [3.05, 3.63) is 24.3 Å². The summed E-state index contributed by atoms with van der Waals surface area (Å²) in [6.07, 6.45) is -4.53. The molecule has 0 aliphatic rings. The number of alkyl halides is 3. The monoisotopic (exact) mass is 319 g/mol. The highest BCUT2D eigenvalue weighted by atomic mass is 19.4. The van der Waals surface area contributed by atoms with Gasteiger partial charge in [-0.3, -0.25) is 10.1 Å². The molecule has 0 fully saturated rings. The number of rotatable bonds is 6. The molecule has 0 saturated heterocycles. The molecule has 1 rings (SSSR count). The van der Waals surface area contributed by atoms with Crippen molar-refractivity contribution >= 4 is 17.6 Å². The smallest absolute Gasteiger partial charge is 0.405 e. The van der Waals surface area contributed by atoms with Crippen LogP contribution in [-0.2, 0) is 4.79 Å². The highest BCUT2D eigenvalue weighted by molar-refractivity contribution is 5.96. The van der Waals surface area contributed by atoms with Gasteiger partial charge < -0.3 is 15.4 Å². The van der Waals surface area contributed by atoms with Crippen LogP contribution in [0.3, 0.4) is 0 Å². The Labute approximate surface area is 125 Å². The van der Waals surface area contributed by atoms with Gasteiger partial charge in [0.05, 0.1) is 13.2 Å². The topological polar surface area (TPSA) is 79.5 Å². The lowest BCUT2D eigenvalue weighted by atomic mass is 10.3. The Balaban J connectivity index is 2.32. The Morgan fingerprint density at radius 2 is 1.82 bits per heavy atom. The average molecular weight is 319 g/mol. The van der Waals surface area contributed by atoms with Crippen LogP contribution in [0.1, 0.15) is 6.92 Å². The summed E-state index contributed by atoms with van der Waals surface area (Å²) in [5, 5.41) is 6.03. The van der Waals surface area contributed by atoms with Crippen LogP contribution in [0.15, 0.2) is 24.3 Å². The maximum Gasteiger partial charge on any atom is 0.405 e. The van der Waals surface area contributed by atoms with Crippen LogP contribution in [0, 0.1) is 0 Å². The lowest BCUT2D eigenvalue weighted by Gasteiger charge is -2.10. The minimum Gasteiger partial charge on any atom is -0.494 e. The predicted octanol–water partition coefficient (Wildman–Crippen LogP) is 1.89. The molecule has 0 radical (unpaired) electrons. The number of hydrogen-bond acceptors (Lipinski definition) is 4. The SMILES string of the molecule is CCOc1ccc(NCC(=O)NC(=O)NCC(F)(F)F)cc1. The lowest BCUT2D eigenvalue weighted by Crippen LogP contribution is -2.45. The van der Waals surface area contributed by atoms with Crippen molar-refractivity contribution in [3.63, 3.8) is 0 Å². The van der Waals surface area contributed by atoms with Gasteiger partial charge in [0.15, 0.2) is 0 Å². The van der Waals surface area contributed by atoms with Crippen molar-refractivity contribution in [3.8, 4) is 5.75 Å². The molecule has 3 N–H and O–H groups in total. The fourth-order valence-electron chi connectivity index (χ4n) is 1.41. The Hall–Kier alpha value is -2.45. The first-order chi connectivity index (χ1) is 10.3. The Bertz CT molecular complexity index is 503. The predicted molar refractivity (Wildman–Crippen MR) is 73.7 cm³/mol. The van der Waals surface area contributed by atoms with Crippen LogP contribution in [0.5, 0.6) is 5.75 Å². The van der Waals surface area contributed by atoms with E-state index in [9.17, 15) is 22.8 Å². The molecule has 6 nitrogen and oxygen atoms in total. The number of carbonyl (C=O) groups is 2. The van der Waals surface area contributed by atoms with E-state index in [0.717, 1.165) is 0 Å². The van der Waals surface area contributed by atoms with Crippen molar-refractivity contribution in [1.82, 2.24) is 10.6 Å². The standard InChI is InChI=1S/C13H16F3N3O3/c1-2-22-10-5-3-9(4-6-10)17-7-11(20)19-12(21)18-8-13(14,15)16/h3-6,17H,2,7-8H2,1H3,(H2,18,19,20,21). The largest absolute Gasteiger partial charge is 0.494 e. The van der Waals surface area contributed by atoms with Gasteiger partial charge >= 0.3 is 12.2 Å². The molecule has 0 atom stereocenters. The van der Waals surface area contributed by atoms with Crippen LogP contribution < -0.4 is 20.7 Å². The van der Waals surface area contributed by atoms with Gasteiger partial charge in [-0.05, 0) is 31.2 Å². The molecule has 0 bridgehead atoms. The quantitative estimate of drug-likeness (QED) is 0.748. The van der Waals surface area contributed by atoms with Crippen LogP contribution in [0.2, 0.25) is 0 Å². The molecular formula is C13H16F3N3O3. The van der Waals surface area contributed by atoms with E-state index in [4.69, 9.17) is 4.74 Å². The van der Waals surface area contributed by atoms with E-state index >= 15 is 0 Å². The van der Waals surface area contributed by atoms with Gasteiger partial charge in [-0.2, -0.15) is 13.2 Å². The van der Waals surface area contributed by atoms with Crippen LogP contribution in [-0.4, -0.2) is 37.8 Å². The second-order valence-corrected chi connectivity index (χ2v) is 4.16. The first-order valence-corrected chi connectivity index (χ1v) is 6.41. The normalized spacial score (nSPS) is 10.7. The van der Waals surface area contributed by atoms with E-state index in [1.807, 2.05) is 6.92 Å². The molecule has 0 unspecified atom stereocenters. The molecule has 22 heavy (non-hydrogen) atoms. The fourth-order valence-corrected chi connectivity index (χ4v) is 1.41. The van der Waals surface area contributed by atoms with Gasteiger partial charge in [-0.1, -0.05) is 0 Å². The summed E-state index contributed by atoms with van der Waals surface area (Å²) >= 11 is 0. The zero-order chi connectivity index (χ0) is 16.6. The Kier molecular flexibility index (Phi) is 6.48. The van der Waals surface area contributed by atoms with Gasteiger partial charge in [0.1, 0.15) is 12.3 Å². The molecular weight excluding hydrogens is 303 g/mol. The van der Waals surface area contributed by atoms with Gasteiger partial charge in [-0.25, -0.2) is 4.79 Å². The highest BCUT2D eigenvalue weighted by Crippen LogP contribution is 2.15. The third-order valence-electron chi connectivity index (χ3n) is 2.32. The van der Waals surface area contributed by atoms with Crippen molar-refractivity contribution in [2.45, 2.75) is 13.1 Å². The Morgan fingerprint density at radius 1 is 1.18 bits per heavy atom. The molecule has 0 aliphatic carbocycles. The molecule has 0 aliphatic heterocycles. The molecule has 3 amide bonds. The van der Waals surface area contributed by atoms with E-state index in [2.05, 4.69) is 5.32 Å². The molecule has 0 heterocycles. The van der Waals surface area contributed by atoms with Gasteiger partial charge in [0, 0.05) is 5.69 Å². The molecule has 0 spiro atoms. The van der Waals surface area contributed by atoms with E-state index < -0.39 is 24.7 Å². The van der Waals surface area contributed by atoms with E-state index in [1.54, 1.807) is 29.6 Å². The lowest BCUT2D eigenvalue weighted by molar-refractivity contribution is -0.124. The van der Waals surface area contributed by atoms with E-state index in [-0.39, 0.29) is 6.54 Å². The molecule has 9 heteroatoms.